The monoisotopic (exact) mass is 245 g/mol. The molecule has 0 amide bonds. The molecule has 0 atom stereocenters. The van der Waals surface area contributed by atoms with Gasteiger partial charge in [-0.3, -0.25) is 0 Å². The predicted octanol–water partition coefficient (Wildman–Crippen LogP) is 1.60. The third-order valence-electron chi connectivity index (χ3n) is 3.65. The molecule has 1 saturated heterocycles. The quantitative estimate of drug-likeness (QED) is 0.871. The van der Waals surface area contributed by atoms with E-state index in [1.807, 2.05) is 0 Å². The van der Waals surface area contributed by atoms with Gasteiger partial charge in [0.15, 0.2) is 0 Å². The maximum absolute atomic E-state index is 5.46. The molecule has 96 valence electrons. The number of benzene rings is 1. The van der Waals surface area contributed by atoms with Crippen LogP contribution in [0.15, 0.2) is 24.4 Å². The van der Waals surface area contributed by atoms with Gasteiger partial charge in [-0.05, 0) is 18.2 Å². The van der Waals surface area contributed by atoms with E-state index in [9.17, 15) is 0 Å². The van der Waals surface area contributed by atoms with Crippen LogP contribution in [-0.2, 0) is 7.05 Å². The second-order valence-electron chi connectivity index (χ2n) is 4.71. The van der Waals surface area contributed by atoms with E-state index in [1.54, 1.807) is 7.11 Å². The number of ether oxygens (including phenoxy) is 1. The zero-order valence-electron chi connectivity index (χ0n) is 10.9. The smallest absolute Gasteiger partial charge is 0.143 e. The number of fused-ring (bicyclic) bond motifs is 1. The van der Waals surface area contributed by atoms with E-state index in [2.05, 4.69) is 46.2 Å². The molecule has 0 aliphatic carbocycles. The van der Waals surface area contributed by atoms with E-state index in [1.165, 1.54) is 16.6 Å². The summed E-state index contributed by atoms with van der Waals surface area (Å²) in [7, 11) is 3.79. The fraction of sp³-hybridized carbons (Fsp3) is 0.429. The van der Waals surface area contributed by atoms with E-state index >= 15 is 0 Å². The second kappa shape index (κ2) is 4.53. The summed E-state index contributed by atoms with van der Waals surface area (Å²) < 4.78 is 7.58. The van der Waals surface area contributed by atoms with Crippen LogP contribution in [0.4, 0.5) is 5.69 Å². The van der Waals surface area contributed by atoms with Crippen LogP contribution in [0.25, 0.3) is 10.9 Å². The number of aromatic nitrogens is 1. The lowest BCUT2D eigenvalue weighted by atomic mass is 10.1. The fourth-order valence-corrected chi connectivity index (χ4v) is 2.71. The zero-order chi connectivity index (χ0) is 12.5. The van der Waals surface area contributed by atoms with Crippen molar-refractivity contribution in [1.29, 1.82) is 0 Å². The van der Waals surface area contributed by atoms with Gasteiger partial charge in [0.2, 0.25) is 0 Å². The van der Waals surface area contributed by atoms with Crippen LogP contribution < -0.4 is 15.0 Å². The maximum atomic E-state index is 5.46. The molecule has 1 N–H and O–H groups in total. The van der Waals surface area contributed by atoms with Gasteiger partial charge in [-0.25, -0.2) is 0 Å². The summed E-state index contributed by atoms with van der Waals surface area (Å²) in [5.41, 5.74) is 2.49. The molecule has 1 aromatic carbocycles. The molecule has 0 spiro atoms. The van der Waals surface area contributed by atoms with Crippen molar-refractivity contribution >= 4 is 16.6 Å². The Kier molecular flexibility index (Phi) is 2.88. The van der Waals surface area contributed by atoms with Gasteiger partial charge in [-0.1, -0.05) is 0 Å². The number of methoxy groups -OCH3 is 1. The predicted molar refractivity (Wildman–Crippen MR) is 74.6 cm³/mol. The first-order valence-corrected chi connectivity index (χ1v) is 6.39. The molecule has 18 heavy (non-hydrogen) atoms. The maximum Gasteiger partial charge on any atom is 0.143 e. The molecule has 2 heterocycles. The summed E-state index contributed by atoms with van der Waals surface area (Å²) in [6.45, 7) is 4.24. The van der Waals surface area contributed by atoms with Crippen LogP contribution in [0.2, 0.25) is 0 Å². The SMILES string of the molecule is COc1ccc(N2CCNCC2)c2ccn(C)c12. The highest BCUT2D eigenvalue weighted by Gasteiger charge is 2.16. The number of anilines is 1. The normalized spacial score (nSPS) is 16.2. The van der Waals surface area contributed by atoms with Crippen molar-refractivity contribution in [2.24, 2.45) is 7.05 Å². The van der Waals surface area contributed by atoms with E-state index in [4.69, 9.17) is 4.74 Å². The van der Waals surface area contributed by atoms with Crippen molar-refractivity contribution in [3.63, 3.8) is 0 Å². The molecule has 4 heteroatoms. The van der Waals surface area contributed by atoms with Gasteiger partial charge in [0.05, 0.1) is 12.6 Å². The van der Waals surface area contributed by atoms with Gasteiger partial charge in [-0.15, -0.1) is 0 Å². The minimum absolute atomic E-state index is 0.941. The summed E-state index contributed by atoms with van der Waals surface area (Å²) in [6.07, 6.45) is 2.10. The van der Waals surface area contributed by atoms with E-state index in [0.29, 0.717) is 0 Å². The second-order valence-corrected chi connectivity index (χ2v) is 4.71. The number of piperazine rings is 1. The minimum atomic E-state index is 0.941. The summed E-state index contributed by atoms with van der Waals surface area (Å²) >= 11 is 0. The Morgan fingerprint density at radius 2 is 1.94 bits per heavy atom. The van der Waals surface area contributed by atoms with Gasteiger partial charge in [0.25, 0.3) is 0 Å². The molecule has 0 bridgehead atoms. The Labute approximate surface area is 107 Å². The number of nitrogens with zero attached hydrogens (tertiary/aromatic N) is 2. The average molecular weight is 245 g/mol. The van der Waals surface area contributed by atoms with Crippen molar-refractivity contribution in [2.45, 2.75) is 0 Å². The van der Waals surface area contributed by atoms with Crippen molar-refractivity contribution in [2.75, 3.05) is 38.2 Å². The lowest BCUT2D eigenvalue weighted by Crippen LogP contribution is -2.43. The zero-order valence-corrected chi connectivity index (χ0v) is 10.9. The van der Waals surface area contributed by atoms with E-state index in [0.717, 1.165) is 31.9 Å². The number of hydrogen-bond donors (Lipinski definition) is 1. The molecule has 1 aliphatic rings. The summed E-state index contributed by atoms with van der Waals surface area (Å²) in [5.74, 6) is 0.941. The van der Waals surface area contributed by atoms with Crippen molar-refractivity contribution < 1.29 is 4.74 Å². The largest absolute Gasteiger partial charge is 0.495 e. The molecule has 0 unspecified atom stereocenters. The first-order chi connectivity index (χ1) is 8.81. The van der Waals surface area contributed by atoms with E-state index < -0.39 is 0 Å². The van der Waals surface area contributed by atoms with Crippen LogP contribution in [0, 0.1) is 0 Å². The Morgan fingerprint density at radius 3 is 2.67 bits per heavy atom. The highest BCUT2D eigenvalue weighted by atomic mass is 16.5. The van der Waals surface area contributed by atoms with Gasteiger partial charge in [-0.2, -0.15) is 0 Å². The van der Waals surface area contributed by atoms with Crippen LogP contribution in [0.1, 0.15) is 0 Å². The number of nitrogens with one attached hydrogen (secondary N) is 1. The highest BCUT2D eigenvalue weighted by molar-refractivity contribution is 5.96. The van der Waals surface area contributed by atoms with Crippen LogP contribution in [0.5, 0.6) is 5.75 Å². The van der Waals surface area contributed by atoms with Gasteiger partial charge in [0.1, 0.15) is 5.75 Å². The lowest BCUT2D eigenvalue weighted by Gasteiger charge is -2.30. The Bertz CT molecular complexity index is 555. The number of rotatable bonds is 2. The standard InChI is InChI=1S/C14H19N3O/c1-16-8-5-11-12(17-9-6-15-7-10-17)3-4-13(18-2)14(11)16/h3-5,8,15H,6-7,9-10H2,1-2H3. The molecule has 4 nitrogen and oxygen atoms in total. The summed E-state index contributed by atoms with van der Waals surface area (Å²) in [6, 6.07) is 6.42. The molecule has 0 saturated carbocycles. The van der Waals surface area contributed by atoms with Crippen molar-refractivity contribution in [3.05, 3.63) is 24.4 Å². The van der Waals surface area contributed by atoms with Crippen LogP contribution in [0.3, 0.4) is 0 Å². The third kappa shape index (κ3) is 1.73. The summed E-state index contributed by atoms with van der Waals surface area (Å²) in [4.78, 5) is 2.44. The molecule has 1 aliphatic heterocycles. The van der Waals surface area contributed by atoms with Crippen molar-refractivity contribution in [1.82, 2.24) is 9.88 Å². The number of hydrogen-bond acceptors (Lipinski definition) is 3. The Hall–Kier alpha value is -1.68. The molecule has 3 rings (SSSR count). The minimum Gasteiger partial charge on any atom is -0.495 e. The Morgan fingerprint density at radius 1 is 1.17 bits per heavy atom. The van der Waals surface area contributed by atoms with Gasteiger partial charge >= 0.3 is 0 Å². The number of aryl methyl sites for hydroxylation is 1. The van der Waals surface area contributed by atoms with Crippen LogP contribution in [-0.4, -0.2) is 37.9 Å². The van der Waals surface area contributed by atoms with Gasteiger partial charge in [0, 0.05) is 50.5 Å². The third-order valence-corrected chi connectivity index (χ3v) is 3.65. The average Bonchev–Trinajstić information content (AvgIpc) is 2.81. The molecule has 2 aromatic rings. The van der Waals surface area contributed by atoms with Crippen LogP contribution >= 0.6 is 0 Å². The first kappa shape index (κ1) is 11.4. The summed E-state index contributed by atoms with van der Waals surface area (Å²) in [5, 5.41) is 4.67. The van der Waals surface area contributed by atoms with Gasteiger partial charge < -0.3 is 19.5 Å². The first-order valence-electron chi connectivity index (χ1n) is 6.39. The molecular formula is C14H19N3O. The Balaban J connectivity index is 2.12. The van der Waals surface area contributed by atoms with E-state index in [-0.39, 0.29) is 0 Å². The lowest BCUT2D eigenvalue weighted by molar-refractivity contribution is 0.418. The molecule has 1 fully saturated rings. The fourth-order valence-electron chi connectivity index (χ4n) is 2.71. The highest BCUT2D eigenvalue weighted by Crippen LogP contribution is 2.34. The molecular weight excluding hydrogens is 226 g/mol. The molecule has 0 radical (unpaired) electrons. The van der Waals surface area contributed by atoms with Crippen molar-refractivity contribution in [3.8, 4) is 5.75 Å². The molecule has 1 aromatic heterocycles. The topological polar surface area (TPSA) is 29.4 Å².